The summed E-state index contributed by atoms with van der Waals surface area (Å²) in [6.07, 6.45) is 4.18. The van der Waals surface area contributed by atoms with Gasteiger partial charge in [-0.05, 0) is 49.7 Å². The van der Waals surface area contributed by atoms with Crippen molar-refractivity contribution >= 4 is 32.3 Å². The van der Waals surface area contributed by atoms with Gasteiger partial charge in [-0.15, -0.1) is 0 Å². The Morgan fingerprint density at radius 1 is 1.03 bits per heavy atom. The molecule has 1 aromatic heterocycles. The van der Waals surface area contributed by atoms with Crippen molar-refractivity contribution in [1.82, 2.24) is 8.87 Å². The van der Waals surface area contributed by atoms with Crippen molar-refractivity contribution in [1.29, 1.82) is 0 Å². The fraction of sp³-hybridized carbons (Fsp3) is 0.391. The third-order valence-electron chi connectivity index (χ3n) is 6.78. The number of ether oxygens (including phenoxy) is 1. The summed E-state index contributed by atoms with van der Waals surface area (Å²) in [6.45, 7) is 5.52. The first-order valence-corrected chi connectivity index (χ1v) is 12.4. The standard InChI is InChI=1S/C23H26N4O3S/c28-31(29,20-5-6-21-23(15-20)30-13-8-24-21)27-10-7-17-3-4-18(14-22(17)27)26-12-11-25-9-1-2-19(25)16-26/h3-7,10,14-15,19,24H,1-2,8-9,11-13,16H2. The molecule has 0 aliphatic carbocycles. The second kappa shape index (κ2) is 7.17. The maximum Gasteiger partial charge on any atom is 0.268 e. The van der Waals surface area contributed by atoms with E-state index in [1.54, 1.807) is 24.4 Å². The lowest BCUT2D eigenvalue weighted by Gasteiger charge is -2.38. The average molecular weight is 439 g/mol. The summed E-state index contributed by atoms with van der Waals surface area (Å²) in [4.78, 5) is 5.21. The van der Waals surface area contributed by atoms with Crippen LogP contribution in [0.1, 0.15) is 12.8 Å². The van der Waals surface area contributed by atoms with Crippen LogP contribution in [0.3, 0.4) is 0 Å². The number of hydrogen-bond acceptors (Lipinski definition) is 6. The van der Waals surface area contributed by atoms with Crippen LogP contribution in [0.2, 0.25) is 0 Å². The van der Waals surface area contributed by atoms with E-state index in [0.29, 0.717) is 23.9 Å². The molecule has 4 heterocycles. The van der Waals surface area contributed by atoms with E-state index in [-0.39, 0.29) is 4.90 Å². The number of fused-ring (bicyclic) bond motifs is 3. The molecule has 2 saturated heterocycles. The minimum absolute atomic E-state index is 0.234. The minimum Gasteiger partial charge on any atom is -0.490 e. The normalized spacial score (nSPS) is 21.4. The molecule has 1 N–H and O–H groups in total. The van der Waals surface area contributed by atoms with E-state index in [0.717, 1.165) is 42.9 Å². The van der Waals surface area contributed by atoms with Crippen LogP contribution < -0.4 is 15.0 Å². The summed E-state index contributed by atoms with van der Waals surface area (Å²) < 4.78 is 34.0. The highest BCUT2D eigenvalue weighted by molar-refractivity contribution is 7.90. The SMILES string of the molecule is O=S(=O)(c1ccc2c(c1)OCCN2)n1ccc2ccc(N3CCN4CCCC4C3)cc21. The van der Waals surface area contributed by atoms with Crippen molar-refractivity contribution in [3.63, 3.8) is 0 Å². The van der Waals surface area contributed by atoms with E-state index < -0.39 is 10.0 Å². The van der Waals surface area contributed by atoms with Crippen molar-refractivity contribution in [2.75, 3.05) is 49.5 Å². The van der Waals surface area contributed by atoms with E-state index >= 15 is 0 Å². The van der Waals surface area contributed by atoms with Crippen LogP contribution in [0.5, 0.6) is 5.75 Å². The Labute approximate surface area is 182 Å². The van der Waals surface area contributed by atoms with Crippen molar-refractivity contribution in [3.8, 4) is 5.75 Å². The Balaban J connectivity index is 1.37. The number of nitrogens with one attached hydrogen (secondary N) is 1. The summed E-state index contributed by atoms with van der Waals surface area (Å²) >= 11 is 0. The second-order valence-electron chi connectivity index (χ2n) is 8.57. The molecule has 3 aliphatic heterocycles. The Kier molecular flexibility index (Phi) is 4.40. The molecule has 0 spiro atoms. The van der Waals surface area contributed by atoms with Crippen LogP contribution in [0.25, 0.3) is 10.9 Å². The molecule has 8 heteroatoms. The van der Waals surface area contributed by atoms with Gasteiger partial charge >= 0.3 is 0 Å². The van der Waals surface area contributed by atoms with E-state index in [9.17, 15) is 8.42 Å². The fourth-order valence-corrected chi connectivity index (χ4v) is 6.47. The highest BCUT2D eigenvalue weighted by Crippen LogP contribution is 2.33. The molecule has 3 aliphatic rings. The first-order chi connectivity index (χ1) is 15.1. The van der Waals surface area contributed by atoms with Gasteiger partial charge in [-0.2, -0.15) is 0 Å². The molecule has 7 nitrogen and oxygen atoms in total. The zero-order valence-corrected chi connectivity index (χ0v) is 18.1. The lowest BCUT2D eigenvalue weighted by molar-refractivity contribution is 0.231. The minimum atomic E-state index is -3.74. The number of nitrogens with zero attached hydrogens (tertiary/aromatic N) is 3. The summed E-state index contributed by atoms with van der Waals surface area (Å²) in [5, 5.41) is 4.15. The molecule has 6 rings (SSSR count). The fourth-order valence-electron chi connectivity index (χ4n) is 5.11. The lowest BCUT2D eigenvalue weighted by atomic mass is 10.1. The van der Waals surface area contributed by atoms with Gasteiger partial charge in [-0.1, -0.05) is 6.07 Å². The van der Waals surface area contributed by atoms with Crippen molar-refractivity contribution in [3.05, 3.63) is 48.7 Å². The molecule has 2 fully saturated rings. The van der Waals surface area contributed by atoms with E-state index in [4.69, 9.17) is 4.74 Å². The Hall–Kier alpha value is -2.71. The molecular weight excluding hydrogens is 412 g/mol. The van der Waals surface area contributed by atoms with Crippen LogP contribution >= 0.6 is 0 Å². The van der Waals surface area contributed by atoms with Crippen LogP contribution in [0.4, 0.5) is 11.4 Å². The molecular formula is C23H26N4O3S. The van der Waals surface area contributed by atoms with E-state index in [2.05, 4.69) is 21.2 Å². The third kappa shape index (κ3) is 3.16. The highest BCUT2D eigenvalue weighted by Gasteiger charge is 2.31. The molecule has 1 unspecified atom stereocenters. The zero-order valence-electron chi connectivity index (χ0n) is 17.3. The van der Waals surface area contributed by atoms with Gasteiger partial charge in [-0.3, -0.25) is 4.90 Å². The molecule has 0 radical (unpaired) electrons. The predicted octanol–water partition coefficient (Wildman–Crippen LogP) is 2.97. The first-order valence-electron chi connectivity index (χ1n) is 11.0. The smallest absolute Gasteiger partial charge is 0.268 e. The largest absolute Gasteiger partial charge is 0.490 e. The van der Waals surface area contributed by atoms with Crippen molar-refractivity contribution in [2.24, 2.45) is 0 Å². The maximum atomic E-state index is 13.5. The van der Waals surface area contributed by atoms with Crippen LogP contribution in [0.15, 0.2) is 53.6 Å². The summed E-state index contributed by atoms with van der Waals surface area (Å²) in [5.74, 6) is 0.582. The number of rotatable bonds is 3. The van der Waals surface area contributed by atoms with Crippen LogP contribution in [0, 0.1) is 0 Å². The van der Waals surface area contributed by atoms with Gasteiger partial charge < -0.3 is 15.0 Å². The monoisotopic (exact) mass is 438 g/mol. The van der Waals surface area contributed by atoms with Crippen molar-refractivity contribution < 1.29 is 13.2 Å². The number of hydrogen-bond donors (Lipinski definition) is 1. The van der Waals surface area contributed by atoms with Gasteiger partial charge in [0.25, 0.3) is 10.0 Å². The third-order valence-corrected chi connectivity index (χ3v) is 8.46. The number of anilines is 2. The number of benzene rings is 2. The predicted molar refractivity (Wildman–Crippen MR) is 122 cm³/mol. The Bertz CT molecular complexity index is 1250. The Morgan fingerprint density at radius 2 is 1.97 bits per heavy atom. The molecule has 31 heavy (non-hydrogen) atoms. The summed E-state index contributed by atoms with van der Waals surface area (Å²) in [5.41, 5.74) is 2.63. The molecule has 1 atom stereocenters. The summed E-state index contributed by atoms with van der Waals surface area (Å²) in [6, 6.07) is 13.7. The average Bonchev–Trinajstić information content (AvgIpc) is 3.45. The van der Waals surface area contributed by atoms with Gasteiger partial charge in [-0.25, -0.2) is 12.4 Å². The van der Waals surface area contributed by atoms with Gasteiger partial charge in [0.2, 0.25) is 0 Å². The zero-order chi connectivity index (χ0) is 21.0. The second-order valence-corrected chi connectivity index (χ2v) is 10.4. The quantitative estimate of drug-likeness (QED) is 0.678. The van der Waals surface area contributed by atoms with E-state index in [1.165, 1.54) is 23.4 Å². The van der Waals surface area contributed by atoms with Crippen LogP contribution in [-0.4, -0.2) is 62.7 Å². The number of aromatic nitrogens is 1. The molecule has 0 amide bonds. The van der Waals surface area contributed by atoms with Crippen molar-refractivity contribution in [2.45, 2.75) is 23.8 Å². The number of piperazine rings is 1. The topological polar surface area (TPSA) is 66.8 Å². The summed E-state index contributed by atoms with van der Waals surface area (Å²) in [7, 11) is -3.74. The maximum absolute atomic E-state index is 13.5. The molecule has 0 bridgehead atoms. The Morgan fingerprint density at radius 3 is 2.90 bits per heavy atom. The lowest BCUT2D eigenvalue weighted by Crippen LogP contribution is -2.50. The first kappa shape index (κ1) is 19.0. The van der Waals surface area contributed by atoms with Crippen LogP contribution in [-0.2, 0) is 10.0 Å². The van der Waals surface area contributed by atoms with E-state index in [1.807, 2.05) is 18.2 Å². The molecule has 2 aromatic carbocycles. The molecule has 162 valence electrons. The van der Waals surface area contributed by atoms with Gasteiger partial charge in [0, 0.05) is 55.6 Å². The van der Waals surface area contributed by atoms with Gasteiger partial charge in [0.15, 0.2) is 0 Å². The van der Waals surface area contributed by atoms with Gasteiger partial charge in [0.1, 0.15) is 12.4 Å². The molecule has 0 saturated carbocycles. The van der Waals surface area contributed by atoms with Gasteiger partial charge in [0.05, 0.1) is 16.1 Å². The highest BCUT2D eigenvalue weighted by atomic mass is 32.2. The molecule has 3 aromatic rings.